The fourth-order valence-electron chi connectivity index (χ4n) is 9.68. The number of rotatable bonds is 4. The minimum absolute atomic E-state index is 0.241. The molecule has 56 heavy (non-hydrogen) atoms. The van der Waals surface area contributed by atoms with Crippen LogP contribution in [0.5, 0.6) is 0 Å². The average molecular weight is 715 g/mol. The zero-order chi connectivity index (χ0) is 36.8. The molecule has 1 aromatic heterocycles. The van der Waals surface area contributed by atoms with E-state index in [0.29, 0.717) is 0 Å². The number of benzene rings is 8. The van der Waals surface area contributed by atoms with Gasteiger partial charge in [-0.3, -0.25) is 0 Å². The number of hydrogen-bond donors (Lipinski definition) is 1. The van der Waals surface area contributed by atoms with Crippen molar-refractivity contribution in [3.63, 3.8) is 0 Å². The van der Waals surface area contributed by atoms with Gasteiger partial charge in [0, 0.05) is 21.9 Å². The molecular formula is C52H34N4. The van der Waals surface area contributed by atoms with E-state index < -0.39 is 5.41 Å². The smallest absolute Gasteiger partial charge is 0.159 e. The molecule has 8 aromatic carbocycles. The first-order valence-corrected chi connectivity index (χ1v) is 19.3. The Balaban J connectivity index is 1.02. The molecule has 0 bridgehead atoms. The van der Waals surface area contributed by atoms with Crippen molar-refractivity contribution in [2.24, 2.45) is 9.98 Å². The van der Waals surface area contributed by atoms with E-state index >= 15 is 0 Å². The quantitative estimate of drug-likeness (QED) is 0.194. The topological polar surface area (TPSA) is 41.7 Å². The Morgan fingerprint density at radius 1 is 0.464 bits per heavy atom. The summed E-state index contributed by atoms with van der Waals surface area (Å²) in [6.07, 6.45) is -0.241. The van der Waals surface area contributed by atoms with Crippen molar-refractivity contribution in [2.75, 3.05) is 0 Å². The van der Waals surface area contributed by atoms with Gasteiger partial charge in [0.1, 0.15) is 12.0 Å². The van der Waals surface area contributed by atoms with Gasteiger partial charge >= 0.3 is 0 Å². The van der Waals surface area contributed by atoms with Crippen molar-refractivity contribution >= 4 is 33.5 Å². The predicted octanol–water partition coefficient (Wildman–Crippen LogP) is 11.6. The normalized spacial score (nSPS) is 17.5. The number of aliphatic imine (C=N–C) groups is 2. The Hall–Kier alpha value is -7.30. The van der Waals surface area contributed by atoms with Crippen LogP contribution in [0, 0.1) is 0 Å². The van der Waals surface area contributed by atoms with Gasteiger partial charge in [0.05, 0.1) is 22.1 Å². The third kappa shape index (κ3) is 4.29. The molecule has 1 aliphatic carbocycles. The highest BCUT2D eigenvalue weighted by atomic mass is 15.2. The Bertz CT molecular complexity index is 3100. The van der Waals surface area contributed by atoms with E-state index in [2.05, 4.69) is 180 Å². The Labute approximate surface area is 324 Å². The average Bonchev–Trinajstić information content (AvgIpc) is 3.77. The number of amidine groups is 2. The zero-order valence-corrected chi connectivity index (χ0v) is 30.4. The van der Waals surface area contributed by atoms with Crippen LogP contribution in [0.3, 0.4) is 0 Å². The van der Waals surface area contributed by atoms with Gasteiger partial charge < -0.3 is 9.88 Å². The summed E-state index contributed by atoms with van der Waals surface area (Å²) < 4.78 is 2.50. The largest absolute Gasteiger partial charge is 0.344 e. The molecule has 1 spiro atoms. The molecule has 2 unspecified atom stereocenters. The minimum atomic E-state index is -0.483. The van der Waals surface area contributed by atoms with E-state index in [1.165, 1.54) is 66.4 Å². The molecule has 0 amide bonds. The number of fused-ring (bicyclic) bond motifs is 12. The van der Waals surface area contributed by atoms with Crippen LogP contribution < -0.4 is 5.32 Å². The van der Waals surface area contributed by atoms with Crippen LogP contribution in [0.2, 0.25) is 0 Å². The molecule has 262 valence electrons. The highest BCUT2D eigenvalue weighted by Gasteiger charge is 2.50. The van der Waals surface area contributed by atoms with Crippen LogP contribution in [0.15, 0.2) is 204 Å². The third-order valence-electron chi connectivity index (χ3n) is 12.1. The maximum atomic E-state index is 5.06. The Morgan fingerprint density at radius 2 is 1.11 bits per heavy atom. The molecule has 0 saturated carbocycles. The molecule has 0 fully saturated rings. The minimum Gasteiger partial charge on any atom is -0.344 e. The van der Waals surface area contributed by atoms with E-state index in [4.69, 9.17) is 9.98 Å². The fraction of sp³-hybridized carbons (Fsp3) is 0.0385. The van der Waals surface area contributed by atoms with Gasteiger partial charge in [0.2, 0.25) is 0 Å². The molecule has 3 aliphatic rings. The van der Waals surface area contributed by atoms with E-state index in [9.17, 15) is 0 Å². The summed E-state index contributed by atoms with van der Waals surface area (Å²) in [5, 5.41) is 6.20. The van der Waals surface area contributed by atoms with Crippen LogP contribution in [0.1, 0.15) is 45.1 Å². The Morgan fingerprint density at radius 3 is 1.96 bits per heavy atom. The van der Waals surface area contributed by atoms with Crippen molar-refractivity contribution < 1.29 is 0 Å². The van der Waals surface area contributed by atoms with Crippen molar-refractivity contribution in [1.82, 2.24) is 9.88 Å². The summed E-state index contributed by atoms with van der Waals surface area (Å²) in [5.74, 6) is 1.53. The predicted molar refractivity (Wildman–Crippen MR) is 229 cm³/mol. The standard InChI is InChI=1S/C52H34N4/c1-3-14-34(15-4-1)49-53-50(35-16-5-2-6-17-35)55-51(54-49)36-28-26-33(27-29-36)37-30-31-39-38-18-7-9-21-42(38)52(45(39)32-37)43-22-10-12-25-47(43)56-46-24-11-8-19-40(46)41-20-13-23-44(52)48(41)56/h1-32,49H,(H,53,54,55). The molecule has 3 heterocycles. The van der Waals surface area contributed by atoms with E-state index in [1.54, 1.807) is 0 Å². The SMILES string of the molecule is c1ccc(C2=NC(c3ccccc3)NC(c3ccc(-c4ccc5c(c4)C4(c6ccccc6-5)c5ccccc5-n5c6ccccc6c6cccc4c65)cc3)=N2)cc1. The van der Waals surface area contributed by atoms with Crippen molar-refractivity contribution in [3.8, 4) is 27.9 Å². The summed E-state index contributed by atoms with van der Waals surface area (Å²) in [6, 6.07) is 70.4. The lowest BCUT2D eigenvalue weighted by atomic mass is 9.65. The molecule has 1 N–H and O–H groups in total. The monoisotopic (exact) mass is 714 g/mol. The highest BCUT2D eigenvalue weighted by molar-refractivity contribution is 6.14. The summed E-state index contributed by atoms with van der Waals surface area (Å²) in [4.78, 5) is 10.1. The van der Waals surface area contributed by atoms with Crippen molar-refractivity contribution in [3.05, 3.63) is 233 Å². The number of aromatic nitrogens is 1. The molecule has 2 atom stereocenters. The molecule has 4 heteroatoms. The van der Waals surface area contributed by atoms with Crippen molar-refractivity contribution in [1.29, 1.82) is 0 Å². The van der Waals surface area contributed by atoms with Gasteiger partial charge in [-0.15, -0.1) is 0 Å². The molecule has 9 aromatic rings. The number of nitrogens with zero attached hydrogens (tertiary/aromatic N) is 3. The first-order chi connectivity index (χ1) is 27.8. The van der Waals surface area contributed by atoms with Crippen LogP contribution in [-0.4, -0.2) is 16.2 Å². The summed E-state index contributed by atoms with van der Waals surface area (Å²) in [6.45, 7) is 0. The lowest BCUT2D eigenvalue weighted by Crippen LogP contribution is -2.33. The van der Waals surface area contributed by atoms with Crippen LogP contribution in [0.4, 0.5) is 0 Å². The molecule has 12 rings (SSSR count). The van der Waals surface area contributed by atoms with Crippen molar-refractivity contribution in [2.45, 2.75) is 11.6 Å². The first-order valence-electron chi connectivity index (χ1n) is 19.3. The molecule has 2 aliphatic heterocycles. The fourth-order valence-corrected chi connectivity index (χ4v) is 9.68. The molecule has 0 radical (unpaired) electrons. The van der Waals surface area contributed by atoms with Gasteiger partial charge in [-0.1, -0.05) is 176 Å². The van der Waals surface area contributed by atoms with Gasteiger partial charge in [-0.05, 0) is 68.3 Å². The van der Waals surface area contributed by atoms with Gasteiger partial charge in [0.15, 0.2) is 5.84 Å². The van der Waals surface area contributed by atoms with E-state index in [-0.39, 0.29) is 6.17 Å². The maximum Gasteiger partial charge on any atom is 0.159 e. The second kappa shape index (κ2) is 11.8. The third-order valence-corrected chi connectivity index (χ3v) is 12.1. The lowest BCUT2D eigenvalue weighted by molar-refractivity contribution is 0.674. The first kappa shape index (κ1) is 31.1. The Kier molecular flexibility index (Phi) is 6.58. The lowest BCUT2D eigenvalue weighted by Gasteiger charge is -2.39. The highest BCUT2D eigenvalue weighted by Crippen LogP contribution is 2.61. The molecular weight excluding hydrogens is 681 g/mol. The number of hydrogen-bond acceptors (Lipinski definition) is 3. The van der Waals surface area contributed by atoms with Gasteiger partial charge in [-0.25, -0.2) is 9.98 Å². The van der Waals surface area contributed by atoms with Crippen LogP contribution in [0.25, 0.3) is 49.7 Å². The van der Waals surface area contributed by atoms with Gasteiger partial charge in [-0.2, -0.15) is 0 Å². The summed E-state index contributed by atoms with van der Waals surface area (Å²) in [7, 11) is 0. The number of nitrogens with one attached hydrogen (secondary N) is 1. The second-order valence-electron chi connectivity index (χ2n) is 14.9. The van der Waals surface area contributed by atoms with Crippen LogP contribution >= 0.6 is 0 Å². The second-order valence-corrected chi connectivity index (χ2v) is 14.9. The summed E-state index contributed by atoms with van der Waals surface area (Å²) in [5.41, 5.74) is 16.6. The maximum absolute atomic E-state index is 5.06. The van der Waals surface area contributed by atoms with Gasteiger partial charge in [0.25, 0.3) is 0 Å². The summed E-state index contributed by atoms with van der Waals surface area (Å²) >= 11 is 0. The van der Waals surface area contributed by atoms with E-state index in [0.717, 1.165) is 33.9 Å². The number of para-hydroxylation sites is 3. The van der Waals surface area contributed by atoms with E-state index in [1.807, 2.05) is 24.3 Å². The zero-order valence-electron chi connectivity index (χ0n) is 30.4. The molecule has 0 saturated heterocycles. The van der Waals surface area contributed by atoms with Crippen LogP contribution in [-0.2, 0) is 5.41 Å². The molecule has 4 nitrogen and oxygen atoms in total.